The molecule has 0 heterocycles. The van der Waals surface area contributed by atoms with Gasteiger partial charge in [-0.2, -0.15) is 11.8 Å². The molecule has 0 radical (unpaired) electrons. The van der Waals surface area contributed by atoms with Gasteiger partial charge in [0, 0.05) is 32.3 Å². The predicted molar refractivity (Wildman–Crippen MR) is 58.9 cm³/mol. The molecule has 0 aromatic heterocycles. The van der Waals surface area contributed by atoms with Gasteiger partial charge >= 0.3 is 0 Å². The van der Waals surface area contributed by atoms with Crippen LogP contribution >= 0.6 is 11.8 Å². The third-order valence-corrected chi connectivity index (χ3v) is 2.90. The predicted octanol–water partition coefficient (Wildman–Crippen LogP) is 0.935. The lowest BCUT2D eigenvalue weighted by Crippen LogP contribution is -2.21. The topological polar surface area (TPSA) is 46.3 Å². The molecular weight excluding hydrogens is 184 g/mol. The first kappa shape index (κ1) is 12.8. The highest BCUT2D eigenvalue weighted by atomic mass is 32.2. The van der Waals surface area contributed by atoms with Crippen molar-refractivity contribution >= 4 is 17.7 Å². The molecule has 0 aromatic carbocycles. The van der Waals surface area contributed by atoms with E-state index in [1.165, 1.54) is 0 Å². The van der Waals surface area contributed by atoms with Crippen molar-refractivity contribution in [3.63, 3.8) is 0 Å². The first-order valence-corrected chi connectivity index (χ1v) is 5.73. The number of carbonyl (C=O) groups excluding carboxylic acids is 1. The minimum absolute atomic E-state index is 0.210. The lowest BCUT2D eigenvalue weighted by Gasteiger charge is -2.09. The fraction of sp³-hybridized carbons (Fsp3) is 0.889. The van der Waals surface area contributed by atoms with E-state index in [0.29, 0.717) is 6.42 Å². The maximum atomic E-state index is 11.1. The summed E-state index contributed by atoms with van der Waals surface area (Å²) in [5, 5.41) is 0. The molecule has 0 saturated carbocycles. The van der Waals surface area contributed by atoms with E-state index in [4.69, 9.17) is 5.73 Å². The number of rotatable bonds is 6. The molecule has 78 valence electrons. The number of hydrogen-bond acceptors (Lipinski definition) is 3. The van der Waals surface area contributed by atoms with Crippen LogP contribution in [0.25, 0.3) is 0 Å². The van der Waals surface area contributed by atoms with Crippen LogP contribution in [0.1, 0.15) is 19.8 Å². The number of hydrogen-bond donors (Lipinski definition) is 1. The Morgan fingerprint density at radius 1 is 1.54 bits per heavy atom. The molecule has 0 rings (SSSR count). The van der Waals surface area contributed by atoms with E-state index in [2.05, 4.69) is 0 Å². The first-order valence-electron chi connectivity index (χ1n) is 4.57. The molecule has 0 aliphatic carbocycles. The number of nitrogens with two attached hydrogens (primary N) is 1. The van der Waals surface area contributed by atoms with Gasteiger partial charge in [0.25, 0.3) is 0 Å². The molecule has 3 nitrogen and oxygen atoms in total. The summed E-state index contributed by atoms with van der Waals surface area (Å²) in [6, 6.07) is 0.259. The Morgan fingerprint density at radius 2 is 2.15 bits per heavy atom. The standard InChI is InChI=1S/C9H20N2OS/c1-8(10)7-13-6-4-5-9(12)11(2)3/h8H,4-7,10H2,1-3H3. The lowest BCUT2D eigenvalue weighted by molar-refractivity contribution is -0.128. The van der Waals surface area contributed by atoms with Gasteiger partial charge in [-0.1, -0.05) is 0 Å². The quantitative estimate of drug-likeness (QED) is 0.655. The van der Waals surface area contributed by atoms with Gasteiger partial charge in [0.2, 0.25) is 5.91 Å². The van der Waals surface area contributed by atoms with Crippen LogP contribution < -0.4 is 5.73 Å². The summed E-state index contributed by atoms with van der Waals surface area (Å²) in [5.74, 6) is 2.22. The summed E-state index contributed by atoms with van der Waals surface area (Å²) in [5.41, 5.74) is 5.59. The summed E-state index contributed by atoms with van der Waals surface area (Å²) >= 11 is 1.82. The van der Waals surface area contributed by atoms with Crippen LogP contribution in [0.4, 0.5) is 0 Å². The van der Waals surface area contributed by atoms with Crippen LogP contribution in [0.2, 0.25) is 0 Å². The van der Waals surface area contributed by atoms with E-state index in [1.54, 1.807) is 19.0 Å². The maximum absolute atomic E-state index is 11.1. The molecule has 0 saturated heterocycles. The van der Waals surface area contributed by atoms with Crippen molar-refractivity contribution < 1.29 is 4.79 Å². The average Bonchev–Trinajstić information content (AvgIpc) is 2.02. The molecular formula is C9H20N2OS. The van der Waals surface area contributed by atoms with Crippen molar-refractivity contribution in [3.05, 3.63) is 0 Å². The van der Waals surface area contributed by atoms with Gasteiger partial charge in [-0.25, -0.2) is 0 Å². The summed E-state index contributed by atoms with van der Waals surface area (Å²) in [6.07, 6.45) is 1.60. The molecule has 0 bridgehead atoms. The van der Waals surface area contributed by atoms with Crippen LogP contribution in [0.3, 0.4) is 0 Å². The van der Waals surface area contributed by atoms with Crippen LogP contribution in [-0.4, -0.2) is 42.4 Å². The van der Waals surface area contributed by atoms with Gasteiger partial charge in [-0.05, 0) is 19.1 Å². The van der Waals surface area contributed by atoms with Gasteiger partial charge in [-0.3, -0.25) is 4.79 Å². The van der Waals surface area contributed by atoms with Crippen LogP contribution in [0.5, 0.6) is 0 Å². The molecule has 1 amide bonds. The third-order valence-electron chi connectivity index (χ3n) is 1.56. The van der Waals surface area contributed by atoms with E-state index in [9.17, 15) is 4.79 Å². The second-order valence-electron chi connectivity index (χ2n) is 3.44. The zero-order valence-corrected chi connectivity index (χ0v) is 9.56. The molecule has 1 unspecified atom stereocenters. The van der Waals surface area contributed by atoms with E-state index >= 15 is 0 Å². The van der Waals surface area contributed by atoms with Gasteiger partial charge in [0.15, 0.2) is 0 Å². The molecule has 2 N–H and O–H groups in total. The summed E-state index contributed by atoms with van der Waals surface area (Å²) < 4.78 is 0. The summed E-state index contributed by atoms with van der Waals surface area (Å²) in [4.78, 5) is 12.8. The average molecular weight is 204 g/mol. The van der Waals surface area contributed by atoms with Gasteiger partial charge in [0.05, 0.1) is 0 Å². The summed E-state index contributed by atoms with van der Waals surface area (Å²) in [7, 11) is 3.58. The fourth-order valence-corrected chi connectivity index (χ4v) is 1.71. The molecule has 0 spiro atoms. The normalized spacial score (nSPS) is 12.6. The molecule has 0 fully saturated rings. The Balaban J connectivity index is 3.21. The van der Waals surface area contributed by atoms with E-state index < -0.39 is 0 Å². The third kappa shape index (κ3) is 8.12. The monoisotopic (exact) mass is 204 g/mol. The van der Waals surface area contributed by atoms with Crippen LogP contribution in [0.15, 0.2) is 0 Å². The zero-order valence-electron chi connectivity index (χ0n) is 8.75. The highest BCUT2D eigenvalue weighted by Gasteiger charge is 2.02. The van der Waals surface area contributed by atoms with Crippen molar-refractivity contribution in [1.82, 2.24) is 4.90 Å². The first-order chi connectivity index (χ1) is 6.04. The Labute approximate surface area is 85.0 Å². The van der Waals surface area contributed by atoms with Crippen LogP contribution in [0, 0.1) is 0 Å². The number of carbonyl (C=O) groups is 1. The summed E-state index contributed by atoms with van der Waals surface area (Å²) in [6.45, 7) is 2.00. The highest BCUT2D eigenvalue weighted by molar-refractivity contribution is 7.99. The molecule has 0 aliphatic rings. The van der Waals surface area contributed by atoms with Gasteiger partial charge in [-0.15, -0.1) is 0 Å². The Kier molecular flexibility index (Phi) is 7.09. The Morgan fingerprint density at radius 3 is 2.62 bits per heavy atom. The molecule has 0 aliphatic heterocycles. The van der Waals surface area contributed by atoms with E-state index in [0.717, 1.165) is 17.9 Å². The number of nitrogens with zero attached hydrogens (tertiary/aromatic N) is 1. The number of amides is 1. The maximum Gasteiger partial charge on any atom is 0.222 e. The second-order valence-corrected chi connectivity index (χ2v) is 4.59. The molecule has 0 aromatic rings. The fourth-order valence-electron chi connectivity index (χ4n) is 0.818. The largest absolute Gasteiger partial charge is 0.349 e. The van der Waals surface area contributed by atoms with Gasteiger partial charge in [0.1, 0.15) is 0 Å². The van der Waals surface area contributed by atoms with Crippen molar-refractivity contribution in [2.75, 3.05) is 25.6 Å². The molecule has 13 heavy (non-hydrogen) atoms. The van der Waals surface area contributed by atoms with Crippen molar-refractivity contribution in [1.29, 1.82) is 0 Å². The smallest absolute Gasteiger partial charge is 0.222 e. The van der Waals surface area contributed by atoms with Crippen LogP contribution in [-0.2, 0) is 4.79 Å². The van der Waals surface area contributed by atoms with Crippen molar-refractivity contribution in [2.24, 2.45) is 5.73 Å². The number of thioether (sulfide) groups is 1. The molecule has 1 atom stereocenters. The lowest BCUT2D eigenvalue weighted by atomic mass is 10.3. The second kappa shape index (κ2) is 7.21. The minimum atomic E-state index is 0.210. The van der Waals surface area contributed by atoms with E-state index in [1.807, 2.05) is 18.7 Å². The van der Waals surface area contributed by atoms with Gasteiger partial charge < -0.3 is 10.6 Å². The zero-order chi connectivity index (χ0) is 10.3. The highest BCUT2D eigenvalue weighted by Crippen LogP contribution is 2.06. The molecule has 4 heteroatoms. The van der Waals surface area contributed by atoms with E-state index in [-0.39, 0.29) is 11.9 Å². The Hall–Kier alpha value is -0.220. The SMILES string of the molecule is CC(N)CSCCCC(=O)N(C)C. The van der Waals surface area contributed by atoms with Crippen molar-refractivity contribution in [2.45, 2.75) is 25.8 Å². The van der Waals surface area contributed by atoms with Crippen molar-refractivity contribution in [3.8, 4) is 0 Å². The Bertz CT molecular complexity index is 149. The minimum Gasteiger partial charge on any atom is -0.349 e.